The Morgan fingerprint density at radius 1 is 1.47 bits per heavy atom. The lowest BCUT2D eigenvalue weighted by molar-refractivity contribution is -0.401. The molecule has 0 unspecified atom stereocenters. The van der Waals surface area contributed by atoms with E-state index in [2.05, 4.69) is 4.98 Å². The van der Waals surface area contributed by atoms with Crippen molar-refractivity contribution in [1.82, 2.24) is 4.98 Å². The third-order valence-electron chi connectivity index (χ3n) is 2.29. The fourth-order valence-corrected chi connectivity index (χ4v) is 1.59. The molecule has 0 amide bonds. The summed E-state index contributed by atoms with van der Waals surface area (Å²) in [6, 6.07) is 6.38. The first-order valence-electron chi connectivity index (χ1n) is 4.74. The van der Waals surface area contributed by atoms with E-state index < -0.39 is 10.9 Å². The van der Waals surface area contributed by atoms with E-state index in [1.165, 1.54) is 12.1 Å². The molecule has 86 valence electrons. The van der Waals surface area contributed by atoms with Crippen molar-refractivity contribution in [3.05, 3.63) is 51.8 Å². The number of nitrogens with one attached hydrogen (secondary N) is 1. The van der Waals surface area contributed by atoms with Crippen LogP contribution >= 0.6 is 0 Å². The van der Waals surface area contributed by atoms with E-state index in [1.807, 2.05) is 0 Å². The number of nitrogens with zero attached hydrogens (tertiary/aromatic N) is 1. The Labute approximate surface area is 95.3 Å². The van der Waals surface area contributed by atoms with Crippen LogP contribution in [-0.4, -0.2) is 21.0 Å². The number of rotatable bonds is 3. The Morgan fingerprint density at radius 2 is 2.24 bits per heavy atom. The highest BCUT2D eigenvalue weighted by atomic mass is 16.6. The summed E-state index contributed by atoms with van der Waals surface area (Å²) in [5.74, 6) is -1.03. The van der Waals surface area contributed by atoms with E-state index >= 15 is 0 Å². The SMILES string of the molecule is O=C(O)c1cccc2[nH]c(C=C[N+](=O)[O-])cc12. The van der Waals surface area contributed by atoms with E-state index in [0.717, 1.165) is 6.20 Å². The second kappa shape index (κ2) is 4.09. The van der Waals surface area contributed by atoms with Gasteiger partial charge in [-0.05, 0) is 18.2 Å². The van der Waals surface area contributed by atoms with Gasteiger partial charge in [0.2, 0.25) is 6.20 Å². The van der Waals surface area contributed by atoms with Gasteiger partial charge in [-0.25, -0.2) is 4.79 Å². The minimum atomic E-state index is -1.03. The van der Waals surface area contributed by atoms with Crippen molar-refractivity contribution in [2.45, 2.75) is 0 Å². The Hall–Kier alpha value is -2.63. The lowest BCUT2D eigenvalue weighted by atomic mass is 10.1. The van der Waals surface area contributed by atoms with Gasteiger partial charge in [0.15, 0.2) is 0 Å². The molecule has 2 aromatic rings. The van der Waals surface area contributed by atoms with Gasteiger partial charge in [0, 0.05) is 22.7 Å². The summed E-state index contributed by atoms with van der Waals surface area (Å²) in [4.78, 5) is 23.4. The van der Waals surface area contributed by atoms with Crippen molar-refractivity contribution in [2.75, 3.05) is 0 Å². The quantitative estimate of drug-likeness (QED) is 0.625. The fourth-order valence-electron chi connectivity index (χ4n) is 1.59. The summed E-state index contributed by atoms with van der Waals surface area (Å²) < 4.78 is 0. The predicted molar refractivity (Wildman–Crippen MR) is 61.3 cm³/mol. The van der Waals surface area contributed by atoms with Crippen molar-refractivity contribution < 1.29 is 14.8 Å². The summed E-state index contributed by atoms with van der Waals surface area (Å²) in [7, 11) is 0. The molecule has 2 rings (SSSR count). The molecule has 2 N–H and O–H groups in total. The highest BCUT2D eigenvalue weighted by Gasteiger charge is 2.09. The first-order valence-corrected chi connectivity index (χ1v) is 4.74. The van der Waals surface area contributed by atoms with Gasteiger partial charge in [0.05, 0.1) is 10.5 Å². The van der Waals surface area contributed by atoms with Gasteiger partial charge in [-0.2, -0.15) is 0 Å². The summed E-state index contributed by atoms with van der Waals surface area (Å²) in [5.41, 5.74) is 1.29. The van der Waals surface area contributed by atoms with E-state index in [-0.39, 0.29) is 5.56 Å². The number of nitro groups is 1. The van der Waals surface area contributed by atoms with Crippen LogP contribution in [0.1, 0.15) is 16.1 Å². The summed E-state index contributed by atoms with van der Waals surface area (Å²) in [6.45, 7) is 0. The van der Waals surface area contributed by atoms with Gasteiger partial charge in [-0.1, -0.05) is 6.07 Å². The lowest BCUT2D eigenvalue weighted by Gasteiger charge is -1.94. The van der Waals surface area contributed by atoms with Crippen LogP contribution in [0.15, 0.2) is 30.5 Å². The maximum atomic E-state index is 11.0. The van der Waals surface area contributed by atoms with Crippen molar-refractivity contribution in [2.24, 2.45) is 0 Å². The maximum Gasteiger partial charge on any atom is 0.336 e. The minimum absolute atomic E-state index is 0.166. The third kappa shape index (κ3) is 2.15. The van der Waals surface area contributed by atoms with Crippen LogP contribution in [0, 0.1) is 10.1 Å². The first-order chi connectivity index (χ1) is 8.08. The normalized spacial score (nSPS) is 11.1. The van der Waals surface area contributed by atoms with Gasteiger partial charge in [0.1, 0.15) is 0 Å². The molecular weight excluding hydrogens is 224 g/mol. The maximum absolute atomic E-state index is 11.0. The minimum Gasteiger partial charge on any atom is -0.478 e. The number of carboxylic acids is 1. The van der Waals surface area contributed by atoms with Crippen molar-refractivity contribution in [3.8, 4) is 0 Å². The topological polar surface area (TPSA) is 96.2 Å². The molecule has 6 heteroatoms. The monoisotopic (exact) mass is 232 g/mol. The Morgan fingerprint density at radius 3 is 2.88 bits per heavy atom. The number of hydrogen-bond donors (Lipinski definition) is 2. The van der Waals surface area contributed by atoms with E-state index in [0.29, 0.717) is 16.6 Å². The van der Waals surface area contributed by atoms with Crippen LogP contribution in [0.4, 0.5) is 0 Å². The number of aromatic nitrogens is 1. The summed E-state index contributed by atoms with van der Waals surface area (Å²) in [6.07, 6.45) is 2.08. The Bertz CT molecular complexity index is 627. The smallest absolute Gasteiger partial charge is 0.336 e. The van der Waals surface area contributed by atoms with Crippen molar-refractivity contribution in [3.63, 3.8) is 0 Å². The van der Waals surface area contributed by atoms with Crippen molar-refractivity contribution in [1.29, 1.82) is 0 Å². The van der Waals surface area contributed by atoms with Gasteiger partial charge in [-0.15, -0.1) is 0 Å². The number of aromatic amines is 1. The van der Waals surface area contributed by atoms with Crippen LogP contribution in [0.3, 0.4) is 0 Å². The van der Waals surface area contributed by atoms with Crippen LogP contribution in [0.2, 0.25) is 0 Å². The Kier molecular flexibility index (Phi) is 2.61. The third-order valence-corrected chi connectivity index (χ3v) is 2.29. The molecule has 0 bridgehead atoms. The highest BCUT2D eigenvalue weighted by Crippen LogP contribution is 2.20. The largest absolute Gasteiger partial charge is 0.478 e. The molecule has 1 heterocycles. The van der Waals surface area contributed by atoms with Crippen LogP contribution < -0.4 is 0 Å². The lowest BCUT2D eigenvalue weighted by Crippen LogP contribution is -1.95. The predicted octanol–water partition coefficient (Wildman–Crippen LogP) is 2.11. The van der Waals surface area contributed by atoms with Crippen LogP contribution in [0.25, 0.3) is 17.0 Å². The van der Waals surface area contributed by atoms with Crippen LogP contribution in [-0.2, 0) is 0 Å². The second-order valence-electron chi connectivity index (χ2n) is 3.40. The molecule has 0 aliphatic carbocycles. The zero-order chi connectivity index (χ0) is 12.4. The molecule has 6 nitrogen and oxygen atoms in total. The zero-order valence-corrected chi connectivity index (χ0v) is 8.58. The van der Waals surface area contributed by atoms with E-state index in [4.69, 9.17) is 5.11 Å². The molecule has 0 radical (unpaired) electrons. The number of aromatic carboxylic acids is 1. The summed E-state index contributed by atoms with van der Waals surface area (Å²) >= 11 is 0. The molecule has 0 aliphatic heterocycles. The second-order valence-corrected chi connectivity index (χ2v) is 3.40. The molecule has 0 aliphatic rings. The molecule has 1 aromatic carbocycles. The van der Waals surface area contributed by atoms with Gasteiger partial charge in [0.25, 0.3) is 0 Å². The van der Waals surface area contributed by atoms with Gasteiger partial charge >= 0.3 is 5.97 Å². The molecule has 17 heavy (non-hydrogen) atoms. The standard InChI is InChI=1S/C11H8N2O4/c14-11(15)8-2-1-3-10-9(8)6-7(12-10)4-5-13(16)17/h1-6,12H,(H,14,15). The Balaban J connectivity index is 2.54. The zero-order valence-electron chi connectivity index (χ0n) is 8.58. The molecule has 0 atom stereocenters. The van der Waals surface area contributed by atoms with Gasteiger partial charge in [-0.3, -0.25) is 10.1 Å². The number of H-pyrrole nitrogens is 1. The molecule has 0 spiro atoms. The number of benzene rings is 1. The van der Waals surface area contributed by atoms with Crippen molar-refractivity contribution >= 4 is 22.9 Å². The molecule has 1 aromatic heterocycles. The summed E-state index contributed by atoms with van der Waals surface area (Å²) in [5, 5.41) is 19.7. The number of carbonyl (C=O) groups is 1. The highest BCUT2D eigenvalue weighted by molar-refractivity contribution is 6.03. The average molecular weight is 232 g/mol. The number of hydrogen-bond acceptors (Lipinski definition) is 3. The number of carboxylic acid groups (broad SMARTS) is 1. The molecule has 0 fully saturated rings. The van der Waals surface area contributed by atoms with Gasteiger partial charge < -0.3 is 10.1 Å². The molecular formula is C11H8N2O4. The average Bonchev–Trinajstić information content (AvgIpc) is 2.68. The van der Waals surface area contributed by atoms with E-state index in [9.17, 15) is 14.9 Å². The molecule has 0 saturated heterocycles. The number of fused-ring (bicyclic) bond motifs is 1. The molecule has 0 saturated carbocycles. The van der Waals surface area contributed by atoms with E-state index in [1.54, 1.807) is 18.2 Å². The van der Waals surface area contributed by atoms with Crippen LogP contribution in [0.5, 0.6) is 0 Å². The fraction of sp³-hybridized carbons (Fsp3) is 0. The first kappa shape index (κ1) is 10.9.